The molecule has 0 saturated heterocycles. The second-order valence-corrected chi connectivity index (χ2v) is 3.41. The van der Waals surface area contributed by atoms with E-state index in [4.69, 9.17) is 0 Å². The highest BCUT2D eigenvalue weighted by atomic mass is 16.1. The van der Waals surface area contributed by atoms with Gasteiger partial charge in [-0.2, -0.15) is 0 Å². The molecule has 4 nitrogen and oxygen atoms in total. The van der Waals surface area contributed by atoms with Gasteiger partial charge in [0.05, 0.1) is 12.5 Å². The number of nitrogens with zero attached hydrogens (tertiary/aromatic N) is 3. The van der Waals surface area contributed by atoms with Crippen molar-refractivity contribution in [2.24, 2.45) is 7.05 Å². The Bertz CT molecular complexity index is 502. The molecule has 2 rings (SSSR count). The summed E-state index contributed by atoms with van der Waals surface area (Å²) in [6.07, 6.45) is 6.44. The average molecular weight is 201 g/mol. The maximum absolute atomic E-state index is 12.0. The van der Waals surface area contributed by atoms with Gasteiger partial charge in [0.25, 0.3) is 0 Å². The second-order valence-electron chi connectivity index (χ2n) is 3.41. The number of carbonyl (C=O) groups excluding carboxylic acids is 1. The van der Waals surface area contributed by atoms with Crippen LogP contribution in [0.3, 0.4) is 0 Å². The average Bonchev–Trinajstić information content (AvgIpc) is 2.64. The SMILES string of the molecule is Cc1ccncc1C(=O)c1cncn1C. The first kappa shape index (κ1) is 9.58. The molecule has 0 radical (unpaired) electrons. The topological polar surface area (TPSA) is 47.8 Å². The maximum Gasteiger partial charge on any atom is 0.212 e. The zero-order chi connectivity index (χ0) is 10.8. The van der Waals surface area contributed by atoms with Gasteiger partial charge in [0.1, 0.15) is 5.69 Å². The van der Waals surface area contributed by atoms with Crippen molar-refractivity contribution in [1.29, 1.82) is 0 Å². The van der Waals surface area contributed by atoms with Gasteiger partial charge < -0.3 is 4.57 Å². The second kappa shape index (κ2) is 3.65. The molecule has 0 aliphatic rings. The van der Waals surface area contributed by atoms with Gasteiger partial charge in [-0.3, -0.25) is 9.78 Å². The van der Waals surface area contributed by atoms with Crippen molar-refractivity contribution in [2.75, 3.05) is 0 Å². The lowest BCUT2D eigenvalue weighted by atomic mass is 10.1. The highest BCUT2D eigenvalue weighted by Crippen LogP contribution is 2.11. The van der Waals surface area contributed by atoms with E-state index < -0.39 is 0 Å². The van der Waals surface area contributed by atoms with Crippen LogP contribution in [-0.2, 0) is 7.05 Å². The number of hydrogen-bond acceptors (Lipinski definition) is 3. The van der Waals surface area contributed by atoms with Gasteiger partial charge in [0.2, 0.25) is 5.78 Å². The Labute approximate surface area is 87.6 Å². The zero-order valence-corrected chi connectivity index (χ0v) is 8.64. The van der Waals surface area contributed by atoms with Gasteiger partial charge in [0, 0.05) is 25.0 Å². The molecule has 2 aromatic heterocycles. The Morgan fingerprint density at radius 3 is 2.73 bits per heavy atom. The summed E-state index contributed by atoms with van der Waals surface area (Å²) in [6.45, 7) is 1.89. The molecule has 0 N–H and O–H groups in total. The number of aromatic nitrogens is 3. The van der Waals surface area contributed by atoms with E-state index in [-0.39, 0.29) is 5.78 Å². The summed E-state index contributed by atoms with van der Waals surface area (Å²) < 4.78 is 1.70. The van der Waals surface area contributed by atoms with E-state index in [9.17, 15) is 4.79 Å². The number of pyridine rings is 1. The molecule has 0 spiro atoms. The molecule has 76 valence electrons. The van der Waals surface area contributed by atoms with Crippen LogP contribution in [0.5, 0.6) is 0 Å². The molecule has 0 saturated carbocycles. The first-order chi connectivity index (χ1) is 7.20. The summed E-state index contributed by atoms with van der Waals surface area (Å²) in [6, 6.07) is 1.82. The molecular formula is C11H11N3O. The van der Waals surface area contributed by atoms with Crippen LogP contribution >= 0.6 is 0 Å². The maximum atomic E-state index is 12.0. The summed E-state index contributed by atoms with van der Waals surface area (Å²) >= 11 is 0. The van der Waals surface area contributed by atoms with Gasteiger partial charge in [-0.15, -0.1) is 0 Å². The molecule has 0 aliphatic carbocycles. The molecule has 0 atom stereocenters. The predicted molar refractivity (Wildman–Crippen MR) is 55.6 cm³/mol. The standard InChI is InChI=1S/C11H11N3O/c1-8-3-4-12-5-9(8)11(15)10-6-13-7-14(10)2/h3-7H,1-2H3. The lowest BCUT2D eigenvalue weighted by Crippen LogP contribution is -2.08. The minimum absolute atomic E-state index is 0.0411. The Hall–Kier alpha value is -1.97. The monoisotopic (exact) mass is 201 g/mol. The van der Waals surface area contributed by atoms with E-state index in [1.54, 1.807) is 36.5 Å². The number of carbonyl (C=O) groups is 1. The number of aryl methyl sites for hydroxylation is 2. The first-order valence-electron chi connectivity index (χ1n) is 4.62. The molecule has 15 heavy (non-hydrogen) atoms. The number of ketones is 1. The lowest BCUT2D eigenvalue weighted by Gasteiger charge is -2.03. The third-order valence-corrected chi connectivity index (χ3v) is 2.33. The minimum atomic E-state index is -0.0411. The fraction of sp³-hybridized carbons (Fsp3) is 0.182. The summed E-state index contributed by atoms with van der Waals surface area (Å²) in [5.74, 6) is -0.0411. The molecule has 0 aromatic carbocycles. The largest absolute Gasteiger partial charge is 0.331 e. The van der Waals surface area contributed by atoms with Crippen molar-refractivity contribution in [3.05, 3.63) is 47.8 Å². The van der Waals surface area contributed by atoms with Crippen LogP contribution in [-0.4, -0.2) is 20.3 Å². The number of rotatable bonds is 2. The smallest absolute Gasteiger partial charge is 0.212 e. The van der Waals surface area contributed by atoms with Crippen LogP contribution in [0.25, 0.3) is 0 Å². The molecule has 0 unspecified atom stereocenters. The van der Waals surface area contributed by atoms with Gasteiger partial charge >= 0.3 is 0 Å². The van der Waals surface area contributed by atoms with E-state index in [2.05, 4.69) is 9.97 Å². The minimum Gasteiger partial charge on any atom is -0.331 e. The molecule has 2 aromatic rings. The normalized spacial score (nSPS) is 10.3. The van der Waals surface area contributed by atoms with E-state index >= 15 is 0 Å². The van der Waals surface area contributed by atoms with E-state index in [0.29, 0.717) is 11.3 Å². The molecule has 0 bridgehead atoms. The van der Waals surface area contributed by atoms with Gasteiger partial charge in [0.15, 0.2) is 0 Å². The first-order valence-corrected chi connectivity index (χ1v) is 4.62. The number of imidazole rings is 1. The van der Waals surface area contributed by atoms with Crippen molar-refractivity contribution in [3.63, 3.8) is 0 Å². The zero-order valence-electron chi connectivity index (χ0n) is 8.64. The van der Waals surface area contributed by atoms with Crippen molar-refractivity contribution < 1.29 is 4.79 Å². The fourth-order valence-electron chi connectivity index (χ4n) is 1.42. The molecule has 2 heterocycles. The molecule has 4 heteroatoms. The molecule has 0 fully saturated rings. The highest BCUT2D eigenvalue weighted by molar-refractivity contribution is 6.08. The van der Waals surface area contributed by atoms with E-state index in [1.165, 1.54) is 0 Å². The van der Waals surface area contributed by atoms with Crippen LogP contribution in [0, 0.1) is 6.92 Å². The molecule has 0 aliphatic heterocycles. The van der Waals surface area contributed by atoms with Crippen LogP contribution in [0.1, 0.15) is 21.6 Å². The predicted octanol–water partition coefficient (Wildman–Crippen LogP) is 1.35. The highest BCUT2D eigenvalue weighted by Gasteiger charge is 2.14. The summed E-state index contributed by atoms with van der Waals surface area (Å²) in [5, 5.41) is 0. The molecular weight excluding hydrogens is 190 g/mol. The van der Waals surface area contributed by atoms with Crippen molar-refractivity contribution >= 4 is 5.78 Å². The third-order valence-electron chi connectivity index (χ3n) is 2.33. The fourth-order valence-corrected chi connectivity index (χ4v) is 1.42. The Morgan fingerprint density at radius 1 is 1.33 bits per heavy atom. The van der Waals surface area contributed by atoms with E-state index in [0.717, 1.165) is 5.56 Å². The number of hydrogen-bond donors (Lipinski definition) is 0. The van der Waals surface area contributed by atoms with Crippen molar-refractivity contribution in [2.45, 2.75) is 6.92 Å². The lowest BCUT2D eigenvalue weighted by molar-refractivity contribution is 0.103. The Balaban J connectivity index is 2.46. The van der Waals surface area contributed by atoms with Crippen LogP contribution in [0.15, 0.2) is 31.0 Å². The van der Waals surface area contributed by atoms with Gasteiger partial charge in [-0.05, 0) is 18.6 Å². The summed E-state index contributed by atoms with van der Waals surface area (Å²) in [7, 11) is 1.80. The molecule has 0 amide bonds. The van der Waals surface area contributed by atoms with Crippen molar-refractivity contribution in [3.8, 4) is 0 Å². The quantitative estimate of drug-likeness (QED) is 0.689. The Kier molecular flexibility index (Phi) is 2.33. The van der Waals surface area contributed by atoms with Gasteiger partial charge in [-0.25, -0.2) is 4.98 Å². The summed E-state index contributed by atoms with van der Waals surface area (Å²) in [5.41, 5.74) is 2.13. The Morgan fingerprint density at radius 2 is 2.13 bits per heavy atom. The summed E-state index contributed by atoms with van der Waals surface area (Å²) in [4.78, 5) is 19.9. The third kappa shape index (κ3) is 1.66. The van der Waals surface area contributed by atoms with E-state index in [1.807, 2.05) is 13.0 Å². The van der Waals surface area contributed by atoms with Crippen LogP contribution in [0.2, 0.25) is 0 Å². The van der Waals surface area contributed by atoms with Crippen LogP contribution < -0.4 is 0 Å². The van der Waals surface area contributed by atoms with Gasteiger partial charge in [-0.1, -0.05) is 0 Å². The van der Waals surface area contributed by atoms with Crippen LogP contribution in [0.4, 0.5) is 0 Å². The van der Waals surface area contributed by atoms with Crippen molar-refractivity contribution in [1.82, 2.24) is 14.5 Å².